The monoisotopic (exact) mass is 461 g/mol. The third-order valence-corrected chi connectivity index (χ3v) is 7.65. The Morgan fingerprint density at radius 2 is 1.79 bits per heavy atom. The van der Waals surface area contributed by atoms with E-state index in [1.54, 1.807) is 0 Å². The van der Waals surface area contributed by atoms with Crippen molar-refractivity contribution >= 4 is 29.4 Å². The lowest BCUT2D eigenvalue weighted by Gasteiger charge is -2.29. The Kier molecular flexibility index (Phi) is 5.28. The number of amides is 3. The topological polar surface area (TPSA) is 116 Å². The molecule has 3 N–H and O–H groups in total. The van der Waals surface area contributed by atoms with E-state index < -0.39 is 29.4 Å². The van der Waals surface area contributed by atoms with Crippen LogP contribution in [0, 0.1) is 25.7 Å². The number of benzene rings is 2. The van der Waals surface area contributed by atoms with Crippen molar-refractivity contribution in [1.82, 2.24) is 10.2 Å². The largest absolute Gasteiger partial charge is 0.481 e. The Balaban J connectivity index is 1.55. The number of aliphatic carboxylic acids is 1. The first kappa shape index (κ1) is 22.3. The summed E-state index contributed by atoms with van der Waals surface area (Å²) in [5, 5.41) is 15.5. The van der Waals surface area contributed by atoms with Gasteiger partial charge in [0.25, 0.3) is 0 Å². The zero-order valence-corrected chi connectivity index (χ0v) is 19.1. The van der Waals surface area contributed by atoms with Crippen molar-refractivity contribution in [2.45, 2.75) is 44.7 Å². The number of nitrogens with zero attached hydrogens (tertiary/aromatic N) is 1. The van der Waals surface area contributed by atoms with E-state index in [9.17, 15) is 24.3 Å². The van der Waals surface area contributed by atoms with Gasteiger partial charge in [0.05, 0.1) is 11.8 Å². The fourth-order valence-corrected chi connectivity index (χ4v) is 5.81. The average Bonchev–Trinajstić information content (AvgIpc) is 3.39. The maximum Gasteiger partial charge on any atom is 0.303 e. The molecule has 2 saturated heterocycles. The zero-order chi connectivity index (χ0) is 24.2. The predicted molar refractivity (Wildman–Crippen MR) is 124 cm³/mol. The molecule has 176 valence electrons. The molecule has 5 rings (SSSR count). The predicted octanol–water partition coefficient (Wildman–Crippen LogP) is 2.13. The number of fused-ring (bicyclic) bond motifs is 4. The van der Waals surface area contributed by atoms with Crippen LogP contribution in [0.1, 0.15) is 35.1 Å². The van der Waals surface area contributed by atoms with Crippen molar-refractivity contribution in [1.29, 1.82) is 0 Å². The quantitative estimate of drug-likeness (QED) is 0.568. The number of carboxylic acids is 1. The Hall–Kier alpha value is -3.52. The first-order chi connectivity index (χ1) is 16.3. The zero-order valence-electron chi connectivity index (χ0n) is 19.1. The van der Waals surface area contributed by atoms with Gasteiger partial charge in [0.2, 0.25) is 17.7 Å². The van der Waals surface area contributed by atoms with Gasteiger partial charge in [-0.2, -0.15) is 0 Å². The van der Waals surface area contributed by atoms with E-state index in [0.717, 1.165) is 16.7 Å². The summed E-state index contributed by atoms with van der Waals surface area (Å²) in [6, 6.07) is 12.7. The maximum absolute atomic E-state index is 13.7. The van der Waals surface area contributed by atoms with Gasteiger partial charge in [-0.25, -0.2) is 0 Å². The lowest BCUT2D eigenvalue weighted by Crippen LogP contribution is -2.53. The van der Waals surface area contributed by atoms with E-state index in [4.69, 9.17) is 0 Å². The summed E-state index contributed by atoms with van der Waals surface area (Å²) in [5.74, 6) is -3.78. The molecule has 0 bridgehead atoms. The van der Waals surface area contributed by atoms with E-state index in [2.05, 4.69) is 10.6 Å². The molecule has 4 atom stereocenters. The Morgan fingerprint density at radius 3 is 2.50 bits per heavy atom. The van der Waals surface area contributed by atoms with Crippen molar-refractivity contribution < 1.29 is 24.3 Å². The van der Waals surface area contributed by atoms with Crippen LogP contribution in [0.15, 0.2) is 42.5 Å². The number of likely N-dealkylation sites (tertiary alicyclic amines) is 1. The first-order valence-electron chi connectivity index (χ1n) is 11.6. The van der Waals surface area contributed by atoms with Crippen molar-refractivity contribution in [2.75, 3.05) is 11.9 Å². The lowest BCUT2D eigenvalue weighted by molar-refractivity contribution is -0.143. The van der Waals surface area contributed by atoms with Crippen LogP contribution in [0.25, 0.3) is 0 Å². The van der Waals surface area contributed by atoms with Crippen LogP contribution in [-0.4, -0.2) is 46.3 Å². The van der Waals surface area contributed by atoms with E-state index in [1.165, 1.54) is 4.90 Å². The summed E-state index contributed by atoms with van der Waals surface area (Å²) in [4.78, 5) is 53.4. The molecule has 2 aromatic rings. The lowest BCUT2D eigenvalue weighted by atomic mass is 9.76. The number of carbonyl (C=O) groups excluding carboxylic acids is 3. The Bertz CT molecular complexity index is 1210. The number of carboxylic acid groups (broad SMARTS) is 1. The molecule has 3 amide bonds. The maximum atomic E-state index is 13.7. The molecular weight excluding hydrogens is 434 g/mol. The van der Waals surface area contributed by atoms with Crippen LogP contribution in [0.4, 0.5) is 5.69 Å². The van der Waals surface area contributed by atoms with Gasteiger partial charge >= 0.3 is 5.97 Å². The van der Waals surface area contributed by atoms with Gasteiger partial charge in [0.15, 0.2) is 0 Å². The van der Waals surface area contributed by atoms with Crippen LogP contribution in [-0.2, 0) is 31.1 Å². The third-order valence-electron chi connectivity index (χ3n) is 7.65. The highest BCUT2D eigenvalue weighted by Gasteiger charge is 2.70. The van der Waals surface area contributed by atoms with Gasteiger partial charge in [0.1, 0.15) is 5.54 Å². The van der Waals surface area contributed by atoms with Gasteiger partial charge in [0, 0.05) is 30.3 Å². The Labute approximate surface area is 197 Å². The van der Waals surface area contributed by atoms with Crippen LogP contribution in [0.5, 0.6) is 0 Å². The van der Waals surface area contributed by atoms with Gasteiger partial charge in [-0.1, -0.05) is 42.5 Å². The number of hydrogen-bond acceptors (Lipinski definition) is 5. The van der Waals surface area contributed by atoms with Gasteiger partial charge in [-0.05, 0) is 43.4 Å². The second-order valence-electron chi connectivity index (χ2n) is 9.44. The molecule has 3 heterocycles. The molecule has 34 heavy (non-hydrogen) atoms. The summed E-state index contributed by atoms with van der Waals surface area (Å²) in [6.45, 7) is 4.08. The number of imide groups is 1. The number of carbonyl (C=O) groups is 4. The summed E-state index contributed by atoms with van der Waals surface area (Å²) >= 11 is 0. The first-order valence-corrected chi connectivity index (χ1v) is 11.6. The molecule has 0 unspecified atom stereocenters. The molecule has 8 heteroatoms. The minimum atomic E-state index is -1.39. The number of aryl methyl sites for hydroxylation is 1. The van der Waals surface area contributed by atoms with E-state index in [1.807, 2.05) is 56.3 Å². The molecule has 2 aromatic carbocycles. The summed E-state index contributed by atoms with van der Waals surface area (Å²) < 4.78 is 0. The van der Waals surface area contributed by atoms with Crippen LogP contribution in [0.3, 0.4) is 0 Å². The minimum absolute atomic E-state index is 0.150. The van der Waals surface area contributed by atoms with Crippen molar-refractivity contribution in [3.63, 3.8) is 0 Å². The molecule has 3 aliphatic rings. The van der Waals surface area contributed by atoms with Crippen molar-refractivity contribution in [3.05, 3.63) is 64.7 Å². The number of anilines is 1. The Morgan fingerprint density at radius 1 is 1.06 bits per heavy atom. The minimum Gasteiger partial charge on any atom is -0.481 e. The SMILES string of the molecule is Cc1ccc2c(c1C)NC(=O)[C@@]21N[C@@H](CCC(=O)O)[C@H]2C(=O)N(CCc3ccccc3)C(=O)[C@@H]21. The highest BCUT2D eigenvalue weighted by molar-refractivity contribution is 6.15. The van der Waals surface area contributed by atoms with Crippen LogP contribution in [0.2, 0.25) is 0 Å². The highest BCUT2D eigenvalue weighted by Crippen LogP contribution is 2.54. The fourth-order valence-electron chi connectivity index (χ4n) is 5.81. The molecule has 0 aliphatic carbocycles. The van der Waals surface area contributed by atoms with E-state index >= 15 is 0 Å². The van der Waals surface area contributed by atoms with Crippen molar-refractivity contribution in [3.8, 4) is 0 Å². The highest BCUT2D eigenvalue weighted by atomic mass is 16.4. The molecule has 1 spiro atoms. The standard InChI is InChI=1S/C26H27N3O5/c1-14-8-9-17-22(15(14)2)27-25(34)26(17)21-20(18(28-26)10-11-19(30)31)23(32)29(24(21)33)13-12-16-6-4-3-5-7-16/h3-9,18,20-21,28H,10-13H2,1-2H3,(H,27,34)(H,30,31)/t18-,20+,21+,26+/m0/s1. The molecule has 8 nitrogen and oxygen atoms in total. The molecular formula is C26H27N3O5. The molecule has 0 saturated carbocycles. The summed E-state index contributed by atoms with van der Waals surface area (Å²) in [7, 11) is 0. The summed E-state index contributed by atoms with van der Waals surface area (Å²) in [6.07, 6.45) is 0.500. The molecule has 2 fully saturated rings. The van der Waals surface area contributed by atoms with Gasteiger partial charge in [-0.15, -0.1) is 0 Å². The van der Waals surface area contributed by atoms with Gasteiger partial charge < -0.3 is 10.4 Å². The molecule has 3 aliphatic heterocycles. The summed E-state index contributed by atoms with van der Waals surface area (Å²) in [5.41, 5.74) is 2.85. The second-order valence-corrected chi connectivity index (χ2v) is 9.44. The van der Waals surface area contributed by atoms with Crippen LogP contribution >= 0.6 is 0 Å². The smallest absolute Gasteiger partial charge is 0.303 e. The normalized spacial score (nSPS) is 27.3. The number of hydrogen-bond donors (Lipinski definition) is 3. The molecule has 0 radical (unpaired) electrons. The number of rotatable bonds is 6. The van der Waals surface area contributed by atoms with E-state index in [0.29, 0.717) is 17.7 Å². The molecule has 0 aromatic heterocycles. The van der Waals surface area contributed by atoms with Crippen molar-refractivity contribution in [2.24, 2.45) is 11.8 Å². The fraction of sp³-hybridized carbons (Fsp3) is 0.385. The third kappa shape index (κ3) is 3.16. The average molecular weight is 462 g/mol. The number of nitrogens with one attached hydrogen (secondary N) is 2. The van der Waals surface area contributed by atoms with E-state index in [-0.39, 0.29) is 37.1 Å². The van der Waals surface area contributed by atoms with Crippen LogP contribution < -0.4 is 10.6 Å². The second kappa shape index (κ2) is 8.06. The van der Waals surface area contributed by atoms with Gasteiger partial charge in [-0.3, -0.25) is 29.4 Å².